The summed E-state index contributed by atoms with van der Waals surface area (Å²) < 4.78 is 0. The zero-order valence-corrected chi connectivity index (χ0v) is 14.5. The molecular formula is C16H19Cl2N3O2. The van der Waals surface area contributed by atoms with Crippen LogP contribution < -0.4 is 4.90 Å². The molecule has 1 aromatic carbocycles. The zero-order valence-electron chi connectivity index (χ0n) is 13.0. The molecule has 1 aromatic rings. The van der Waals surface area contributed by atoms with E-state index < -0.39 is 0 Å². The van der Waals surface area contributed by atoms with Crippen molar-refractivity contribution in [3.8, 4) is 0 Å². The van der Waals surface area contributed by atoms with Gasteiger partial charge in [0.05, 0.1) is 28.2 Å². The van der Waals surface area contributed by atoms with Gasteiger partial charge >= 0.3 is 0 Å². The molecule has 1 unspecified atom stereocenters. The van der Waals surface area contributed by atoms with Crippen molar-refractivity contribution in [2.75, 3.05) is 37.6 Å². The van der Waals surface area contributed by atoms with Crippen molar-refractivity contribution in [1.82, 2.24) is 9.80 Å². The molecule has 0 saturated carbocycles. The maximum Gasteiger partial charge on any atom is 0.251 e. The van der Waals surface area contributed by atoms with Crippen molar-refractivity contribution in [1.29, 1.82) is 0 Å². The van der Waals surface area contributed by atoms with Crippen LogP contribution in [0.5, 0.6) is 0 Å². The van der Waals surface area contributed by atoms with Gasteiger partial charge in [-0.25, -0.2) is 4.90 Å². The standard InChI is InChI=1S/C16H19Cl2N3O2/c1-2-19-5-7-20(8-6-19)14-10-15(22)21(16(14)23)11-3-4-12(17)13(18)9-11/h3-4,9,14H,2,5-8,10H2,1H3. The molecule has 124 valence electrons. The largest absolute Gasteiger partial charge is 0.301 e. The maximum atomic E-state index is 12.7. The number of hydrogen-bond donors (Lipinski definition) is 0. The van der Waals surface area contributed by atoms with Crippen molar-refractivity contribution < 1.29 is 9.59 Å². The molecule has 2 heterocycles. The van der Waals surface area contributed by atoms with E-state index in [1.54, 1.807) is 18.2 Å². The first-order chi connectivity index (χ1) is 11.0. The summed E-state index contributed by atoms with van der Waals surface area (Å²) in [5, 5.41) is 0.742. The molecule has 0 bridgehead atoms. The predicted octanol–water partition coefficient (Wildman–Crippen LogP) is 2.26. The minimum Gasteiger partial charge on any atom is -0.301 e. The van der Waals surface area contributed by atoms with E-state index in [0.717, 1.165) is 32.7 Å². The Morgan fingerprint density at radius 3 is 2.39 bits per heavy atom. The smallest absolute Gasteiger partial charge is 0.251 e. The second kappa shape index (κ2) is 6.77. The normalized spacial score (nSPS) is 23.8. The number of piperazine rings is 1. The van der Waals surface area contributed by atoms with Crippen molar-refractivity contribution in [2.24, 2.45) is 0 Å². The fourth-order valence-electron chi connectivity index (χ4n) is 3.19. The lowest BCUT2D eigenvalue weighted by Gasteiger charge is -2.36. The van der Waals surface area contributed by atoms with Crippen molar-refractivity contribution >= 4 is 40.7 Å². The molecule has 2 amide bonds. The van der Waals surface area contributed by atoms with Crippen LogP contribution in [0.25, 0.3) is 0 Å². The average molecular weight is 356 g/mol. The summed E-state index contributed by atoms with van der Waals surface area (Å²) in [5.41, 5.74) is 0.490. The molecule has 0 N–H and O–H groups in total. The first-order valence-corrected chi connectivity index (χ1v) is 8.55. The van der Waals surface area contributed by atoms with Crippen LogP contribution in [-0.4, -0.2) is 60.4 Å². The van der Waals surface area contributed by atoms with Crippen molar-refractivity contribution in [3.05, 3.63) is 28.2 Å². The van der Waals surface area contributed by atoms with Gasteiger partial charge in [0.1, 0.15) is 0 Å². The highest BCUT2D eigenvalue weighted by atomic mass is 35.5. The SMILES string of the molecule is CCN1CCN(C2CC(=O)N(c3ccc(Cl)c(Cl)c3)C2=O)CC1. The number of likely N-dealkylation sites (N-methyl/N-ethyl adjacent to an activating group) is 1. The van der Waals surface area contributed by atoms with E-state index in [2.05, 4.69) is 16.7 Å². The summed E-state index contributed by atoms with van der Waals surface area (Å²) in [6.45, 7) is 6.63. The molecule has 2 fully saturated rings. The number of halogens is 2. The van der Waals surface area contributed by atoms with Crippen LogP contribution in [0.4, 0.5) is 5.69 Å². The number of amides is 2. The minimum atomic E-state index is -0.365. The summed E-state index contributed by atoms with van der Waals surface area (Å²) in [7, 11) is 0. The van der Waals surface area contributed by atoms with Crippen LogP contribution in [-0.2, 0) is 9.59 Å². The average Bonchev–Trinajstić information content (AvgIpc) is 2.85. The zero-order chi connectivity index (χ0) is 16.6. The van der Waals surface area contributed by atoms with Gasteiger partial charge in [-0.3, -0.25) is 14.5 Å². The Balaban J connectivity index is 1.76. The second-order valence-electron chi connectivity index (χ2n) is 5.86. The Hall–Kier alpha value is -1.14. The third-order valence-electron chi connectivity index (χ3n) is 4.58. The van der Waals surface area contributed by atoms with Crippen LogP contribution in [0.2, 0.25) is 10.0 Å². The lowest BCUT2D eigenvalue weighted by molar-refractivity contribution is -0.123. The molecule has 1 atom stereocenters. The number of carbonyl (C=O) groups is 2. The molecule has 0 aliphatic carbocycles. The molecule has 3 rings (SSSR count). The number of hydrogen-bond acceptors (Lipinski definition) is 4. The number of imide groups is 1. The van der Waals surface area contributed by atoms with E-state index >= 15 is 0 Å². The summed E-state index contributed by atoms with van der Waals surface area (Å²) in [6, 6.07) is 4.46. The number of carbonyl (C=O) groups excluding carboxylic acids is 2. The van der Waals surface area contributed by atoms with Gasteiger partial charge in [0, 0.05) is 26.2 Å². The van der Waals surface area contributed by atoms with Gasteiger partial charge < -0.3 is 4.90 Å². The Labute approximate surface area is 145 Å². The summed E-state index contributed by atoms with van der Waals surface area (Å²) in [5.74, 6) is -0.352. The van der Waals surface area contributed by atoms with E-state index in [4.69, 9.17) is 23.2 Å². The molecule has 0 aromatic heterocycles. The number of rotatable bonds is 3. The Morgan fingerprint density at radius 1 is 1.09 bits per heavy atom. The summed E-state index contributed by atoms with van der Waals surface area (Å²) in [6.07, 6.45) is 0.227. The highest BCUT2D eigenvalue weighted by molar-refractivity contribution is 6.42. The van der Waals surface area contributed by atoms with E-state index in [1.807, 2.05) is 0 Å². The summed E-state index contributed by atoms with van der Waals surface area (Å²) in [4.78, 5) is 30.8. The molecule has 2 aliphatic heterocycles. The van der Waals surface area contributed by atoms with Crippen LogP contribution in [0.3, 0.4) is 0 Å². The lowest BCUT2D eigenvalue weighted by atomic mass is 10.1. The molecular weight excluding hydrogens is 337 g/mol. The molecule has 0 spiro atoms. The van der Waals surface area contributed by atoms with E-state index in [1.165, 1.54) is 4.90 Å². The Kier molecular flexibility index (Phi) is 4.92. The third-order valence-corrected chi connectivity index (χ3v) is 5.32. The third kappa shape index (κ3) is 3.24. The monoisotopic (exact) mass is 355 g/mol. The maximum absolute atomic E-state index is 12.7. The highest BCUT2D eigenvalue weighted by Gasteiger charge is 2.43. The number of anilines is 1. The quantitative estimate of drug-likeness (QED) is 0.780. The van der Waals surface area contributed by atoms with Gasteiger partial charge in [-0.15, -0.1) is 0 Å². The van der Waals surface area contributed by atoms with E-state index in [0.29, 0.717) is 15.7 Å². The molecule has 2 saturated heterocycles. The van der Waals surface area contributed by atoms with Gasteiger partial charge in [0.15, 0.2) is 0 Å². The van der Waals surface area contributed by atoms with Crippen LogP contribution in [0, 0.1) is 0 Å². The van der Waals surface area contributed by atoms with Crippen LogP contribution in [0.1, 0.15) is 13.3 Å². The first kappa shape index (κ1) is 16.7. The number of benzene rings is 1. The van der Waals surface area contributed by atoms with Crippen molar-refractivity contribution in [2.45, 2.75) is 19.4 Å². The lowest BCUT2D eigenvalue weighted by Crippen LogP contribution is -2.52. The van der Waals surface area contributed by atoms with E-state index in [-0.39, 0.29) is 24.3 Å². The molecule has 2 aliphatic rings. The Bertz CT molecular complexity index is 630. The second-order valence-corrected chi connectivity index (χ2v) is 6.67. The predicted molar refractivity (Wildman–Crippen MR) is 91.0 cm³/mol. The minimum absolute atomic E-state index is 0.168. The topological polar surface area (TPSA) is 43.9 Å². The highest BCUT2D eigenvalue weighted by Crippen LogP contribution is 2.31. The molecule has 7 heteroatoms. The van der Waals surface area contributed by atoms with Gasteiger partial charge in [-0.05, 0) is 24.7 Å². The fraction of sp³-hybridized carbons (Fsp3) is 0.500. The van der Waals surface area contributed by atoms with Crippen LogP contribution >= 0.6 is 23.2 Å². The molecule has 0 radical (unpaired) electrons. The fourth-order valence-corrected chi connectivity index (χ4v) is 3.48. The van der Waals surface area contributed by atoms with Crippen LogP contribution in [0.15, 0.2) is 18.2 Å². The van der Waals surface area contributed by atoms with Gasteiger partial charge in [0.2, 0.25) is 5.91 Å². The number of nitrogens with zero attached hydrogens (tertiary/aromatic N) is 3. The van der Waals surface area contributed by atoms with E-state index in [9.17, 15) is 9.59 Å². The van der Waals surface area contributed by atoms with Crippen molar-refractivity contribution in [3.63, 3.8) is 0 Å². The Morgan fingerprint density at radius 2 is 1.78 bits per heavy atom. The molecule has 23 heavy (non-hydrogen) atoms. The summed E-state index contributed by atoms with van der Waals surface area (Å²) >= 11 is 11.9. The van der Waals surface area contributed by atoms with Gasteiger partial charge in [-0.1, -0.05) is 30.1 Å². The molecule has 5 nitrogen and oxygen atoms in total. The van der Waals surface area contributed by atoms with Gasteiger partial charge in [-0.2, -0.15) is 0 Å². The van der Waals surface area contributed by atoms with Gasteiger partial charge in [0.25, 0.3) is 5.91 Å². The first-order valence-electron chi connectivity index (χ1n) is 7.79.